The standard InChI is InChI=1S/C21H24N2/c1-21(2,3)17-12-8-15(9-13-17)14-23-19-7-5-4-6-18(19)22-20(23)16-10-11-16/h4-9,12-13,16H,10-11,14H2,1-3H3. The van der Waals surface area contributed by atoms with Crippen LogP contribution in [-0.4, -0.2) is 9.55 Å². The summed E-state index contributed by atoms with van der Waals surface area (Å²) in [4.78, 5) is 4.89. The van der Waals surface area contributed by atoms with Gasteiger partial charge in [-0.25, -0.2) is 4.98 Å². The Morgan fingerprint density at radius 1 is 1.00 bits per heavy atom. The third-order valence-corrected chi connectivity index (χ3v) is 4.79. The van der Waals surface area contributed by atoms with E-state index in [1.165, 1.54) is 35.3 Å². The molecule has 118 valence electrons. The molecular weight excluding hydrogens is 280 g/mol. The van der Waals surface area contributed by atoms with Gasteiger partial charge in [-0.2, -0.15) is 0 Å². The number of aromatic nitrogens is 2. The maximum atomic E-state index is 4.89. The monoisotopic (exact) mass is 304 g/mol. The molecule has 2 heteroatoms. The number of fused-ring (bicyclic) bond motifs is 1. The summed E-state index contributed by atoms with van der Waals surface area (Å²) in [6.45, 7) is 7.69. The molecule has 2 nitrogen and oxygen atoms in total. The Morgan fingerprint density at radius 2 is 1.70 bits per heavy atom. The molecule has 0 unspecified atom stereocenters. The third-order valence-electron chi connectivity index (χ3n) is 4.79. The van der Waals surface area contributed by atoms with E-state index in [4.69, 9.17) is 4.98 Å². The van der Waals surface area contributed by atoms with Crippen molar-refractivity contribution in [2.75, 3.05) is 0 Å². The molecule has 0 amide bonds. The number of hydrogen-bond acceptors (Lipinski definition) is 1. The third kappa shape index (κ3) is 2.78. The number of nitrogens with zero attached hydrogens (tertiary/aromatic N) is 2. The van der Waals surface area contributed by atoms with Crippen LogP contribution in [0.5, 0.6) is 0 Å². The van der Waals surface area contributed by atoms with Crippen LogP contribution in [0.3, 0.4) is 0 Å². The lowest BCUT2D eigenvalue weighted by Gasteiger charge is -2.19. The summed E-state index contributed by atoms with van der Waals surface area (Å²) in [5.74, 6) is 1.93. The van der Waals surface area contributed by atoms with Crippen molar-refractivity contribution < 1.29 is 0 Å². The first kappa shape index (κ1) is 14.5. The van der Waals surface area contributed by atoms with Crippen molar-refractivity contribution in [3.8, 4) is 0 Å². The average molecular weight is 304 g/mol. The highest BCUT2D eigenvalue weighted by Gasteiger charge is 2.29. The van der Waals surface area contributed by atoms with Crippen LogP contribution in [0.25, 0.3) is 11.0 Å². The van der Waals surface area contributed by atoms with Crippen molar-refractivity contribution in [3.05, 3.63) is 65.5 Å². The second-order valence-electron chi connectivity index (χ2n) is 7.77. The Labute approximate surface area is 138 Å². The molecule has 3 aromatic rings. The molecular formula is C21H24N2. The summed E-state index contributed by atoms with van der Waals surface area (Å²) in [5, 5.41) is 0. The Bertz CT molecular complexity index is 830. The predicted molar refractivity (Wildman–Crippen MR) is 96.0 cm³/mol. The van der Waals surface area contributed by atoms with Crippen LogP contribution < -0.4 is 0 Å². The van der Waals surface area contributed by atoms with Gasteiger partial charge in [0.25, 0.3) is 0 Å². The van der Waals surface area contributed by atoms with Crippen molar-refractivity contribution in [1.82, 2.24) is 9.55 Å². The molecule has 0 atom stereocenters. The topological polar surface area (TPSA) is 17.8 Å². The van der Waals surface area contributed by atoms with E-state index in [0.29, 0.717) is 5.92 Å². The predicted octanol–water partition coefficient (Wildman–Crippen LogP) is 5.26. The van der Waals surface area contributed by atoms with Crippen LogP contribution in [0.4, 0.5) is 0 Å². The normalized spacial score (nSPS) is 15.3. The van der Waals surface area contributed by atoms with Crippen molar-refractivity contribution >= 4 is 11.0 Å². The average Bonchev–Trinajstić information content (AvgIpc) is 3.31. The van der Waals surface area contributed by atoms with E-state index >= 15 is 0 Å². The minimum absolute atomic E-state index is 0.208. The van der Waals surface area contributed by atoms with E-state index < -0.39 is 0 Å². The molecule has 0 spiro atoms. The van der Waals surface area contributed by atoms with E-state index in [1.54, 1.807) is 0 Å². The molecule has 1 fully saturated rings. The summed E-state index contributed by atoms with van der Waals surface area (Å²) >= 11 is 0. The molecule has 1 aromatic heterocycles. The number of benzene rings is 2. The zero-order valence-electron chi connectivity index (χ0n) is 14.2. The Balaban J connectivity index is 1.71. The molecule has 0 bridgehead atoms. The molecule has 1 aliphatic carbocycles. The second-order valence-corrected chi connectivity index (χ2v) is 7.77. The smallest absolute Gasteiger partial charge is 0.113 e. The molecule has 1 saturated carbocycles. The lowest BCUT2D eigenvalue weighted by atomic mass is 9.87. The van der Waals surface area contributed by atoms with Crippen molar-refractivity contribution in [2.45, 2.75) is 51.5 Å². The Hall–Kier alpha value is -2.09. The van der Waals surface area contributed by atoms with Gasteiger partial charge in [0, 0.05) is 12.5 Å². The number of imidazole rings is 1. The first-order valence-electron chi connectivity index (χ1n) is 8.57. The van der Waals surface area contributed by atoms with Gasteiger partial charge in [0.2, 0.25) is 0 Å². The lowest BCUT2D eigenvalue weighted by Crippen LogP contribution is -2.11. The molecule has 0 aliphatic heterocycles. The van der Waals surface area contributed by atoms with Crippen LogP contribution in [-0.2, 0) is 12.0 Å². The molecule has 2 aromatic carbocycles. The Morgan fingerprint density at radius 3 is 2.35 bits per heavy atom. The fraction of sp³-hybridized carbons (Fsp3) is 0.381. The van der Waals surface area contributed by atoms with Gasteiger partial charge in [0.1, 0.15) is 5.82 Å². The summed E-state index contributed by atoms with van der Waals surface area (Å²) in [5.41, 5.74) is 5.33. The lowest BCUT2D eigenvalue weighted by molar-refractivity contribution is 0.589. The molecule has 1 aliphatic rings. The van der Waals surface area contributed by atoms with Gasteiger partial charge in [-0.05, 0) is 41.5 Å². The summed E-state index contributed by atoms with van der Waals surface area (Å²) < 4.78 is 2.42. The minimum atomic E-state index is 0.208. The van der Waals surface area contributed by atoms with Gasteiger partial charge in [-0.15, -0.1) is 0 Å². The number of rotatable bonds is 3. The van der Waals surface area contributed by atoms with Crippen LogP contribution in [0.2, 0.25) is 0 Å². The minimum Gasteiger partial charge on any atom is -0.323 e. The van der Waals surface area contributed by atoms with Crippen LogP contribution >= 0.6 is 0 Å². The SMILES string of the molecule is CC(C)(C)c1ccc(Cn2c(C3CC3)nc3ccccc32)cc1. The molecule has 4 rings (SSSR count). The quantitative estimate of drug-likeness (QED) is 0.645. The summed E-state index contributed by atoms with van der Waals surface area (Å²) in [6.07, 6.45) is 2.57. The van der Waals surface area contributed by atoms with Crippen molar-refractivity contribution in [3.63, 3.8) is 0 Å². The fourth-order valence-corrected chi connectivity index (χ4v) is 3.21. The number of para-hydroxylation sites is 2. The van der Waals surface area contributed by atoms with Gasteiger partial charge >= 0.3 is 0 Å². The molecule has 1 heterocycles. The van der Waals surface area contributed by atoms with Crippen molar-refractivity contribution in [2.24, 2.45) is 0 Å². The van der Waals surface area contributed by atoms with E-state index in [0.717, 1.165) is 12.1 Å². The van der Waals surface area contributed by atoms with Gasteiger partial charge in [-0.3, -0.25) is 0 Å². The molecule has 0 radical (unpaired) electrons. The highest BCUT2D eigenvalue weighted by molar-refractivity contribution is 5.76. The maximum Gasteiger partial charge on any atom is 0.113 e. The highest BCUT2D eigenvalue weighted by atomic mass is 15.1. The van der Waals surface area contributed by atoms with E-state index in [-0.39, 0.29) is 5.41 Å². The summed E-state index contributed by atoms with van der Waals surface area (Å²) in [7, 11) is 0. The first-order chi connectivity index (χ1) is 11.0. The number of hydrogen-bond donors (Lipinski definition) is 0. The molecule has 0 saturated heterocycles. The van der Waals surface area contributed by atoms with Gasteiger partial charge in [-0.1, -0.05) is 57.2 Å². The van der Waals surface area contributed by atoms with E-state index in [1.807, 2.05) is 0 Å². The van der Waals surface area contributed by atoms with Crippen LogP contribution in [0.1, 0.15) is 56.5 Å². The fourth-order valence-electron chi connectivity index (χ4n) is 3.21. The van der Waals surface area contributed by atoms with Gasteiger partial charge in [0.05, 0.1) is 11.0 Å². The highest BCUT2D eigenvalue weighted by Crippen LogP contribution is 2.40. The maximum absolute atomic E-state index is 4.89. The van der Waals surface area contributed by atoms with E-state index in [9.17, 15) is 0 Å². The summed E-state index contributed by atoms with van der Waals surface area (Å²) in [6, 6.07) is 17.6. The largest absolute Gasteiger partial charge is 0.323 e. The van der Waals surface area contributed by atoms with Gasteiger partial charge in [0.15, 0.2) is 0 Å². The van der Waals surface area contributed by atoms with Gasteiger partial charge < -0.3 is 4.57 Å². The van der Waals surface area contributed by atoms with E-state index in [2.05, 4.69) is 73.9 Å². The molecule has 23 heavy (non-hydrogen) atoms. The Kier molecular flexibility index (Phi) is 3.29. The van der Waals surface area contributed by atoms with Crippen molar-refractivity contribution in [1.29, 1.82) is 0 Å². The second kappa shape index (κ2) is 5.23. The van der Waals surface area contributed by atoms with Crippen LogP contribution in [0, 0.1) is 0 Å². The molecule has 0 N–H and O–H groups in total. The zero-order valence-corrected chi connectivity index (χ0v) is 14.2. The van der Waals surface area contributed by atoms with Crippen LogP contribution in [0.15, 0.2) is 48.5 Å². The zero-order chi connectivity index (χ0) is 16.0. The first-order valence-corrected chi connectivity index (χ1v) is 8.57.